The van der Waals surface area contributed by atoms with Crippen molar-refractivity contribution in [3.63, 3.8) is 0 Å². The van der Waals surface area contributed by atoms with E-state index in [9.17, 15) is 27.1 Å². The first-order chi connectivity index (χ1) is 15.6. The molecule has 6 nitrogen and oxygen atoms in total. The van der Waals surface area contributed by atoms with E-state index >= 15 is 0 Å². The van der Waals surface area contributed by atoms with Gasteiger partial charge in [0.2, 0.25) is 0 Å². The van der Waals surface area contributed by atoms with Crippen LogP contribution in [-0.2, 0) is 18.0 Å². The summed E-state index contributed by atoms with van der Waals surface area (Å²) in [7, 11) is 3.28. The number of fused-ring (bicyclic) bond motifs is 1. The first kappa shape index (κ1) is 21.9. The molecule has 2 aliphatic rings. The minimum Gasteiger partial charge on any atom is -0.503 e. The van der Waals surface area contributed by atoms with Crippen LogP contribution in [0.5, 0.6) is 5.75 Å². The average Bonchev–Trinajstić information content (AvgIpc) is 3.46. The lowest BCUT2D eigenvalue weighted by Crippen LogP contribution is -2.47. The fourth-order valence-electron chi connectivity index (χ4n) is 4.81. The fraction of sp³-hybridized carbons (Fsp3) is 0.455. The van der Waals surface area contributed by atoms with E-state index in [1.54, 1.807) is 20.2 Å². The van der Waals surface area contributed by atoms with Crippen molar-refractivity contribution in [2.75, 3.05) is 18.6 Å². The molecule has 1 N–H and O–H groups in total. The number of halogens is 5. The third kappa shape index (κ3) is 3.40. The molecule has 1 aromatic carbocycles. The van der Waals surface area contributed by atoms with Crippen LogP contribution in [0.3, 0.4) is 0 Å². The first-order valence-corrected chi connectivity index (χ1v) is 10.5. The Balaban J connectivity index is 1.60. The van der Waals surface area contributed by atoms with Gasteiger partial charge >= 0.3 is 6.18 Å². The number of hydrogen-bond acceptors (Lipinski definition) is 5. The fourth-order valence-corrected chi connectivity index (χ4v) is 4.81. The highest BCUT2D eigenvalue weighted by Gasteiger charge is 2.52. The largest absolute Gasteiger partial charge is 0.503 e. The number of phenols is 1. The van der Waals surface area contributed by atoms with Crippen LogP contribution in [0.25, 0.3) is 22.2 Å². The number of anilines is 1. The van der Waals surface area contributed by atoms with Crippen molar-refractivity contribution in [2.45, 2.75) is 43.5 Å². The van der Waals surface area contributed by atoms with Crippen molar-refractivity contribution in [2.24, 2.45) is 7.05 Å². The molecule has 5 rings (SSSR count). The SMILES string of the molecule is COC1CCN(c2cc3c(cn2)c(-c2cc(C(F)(F)F)c(F)c(O)c2F)nn3C)C2(CC2)C1. The van der Waals surface area contributed by atoms with E-state index in [1.165, 1.54) is 10.9 Å². The van der Waals surface area contributed by atoms with Crippen LogP contribution in [0.2, 0.25) is 0 Å². The Hall–Kier alpha value is -2.95. The minimum absolute atomic E-state index is 0.0164. The molecule has 33 heavy (non-hydrogen) atoms. The standard InChI is InChI=1S/C22H21F5N4O2/c1-30-15-8-16(31-6-3-11(33-2)9-21(31)4-5-21)28-10-13(15)19(29-30)12-7-14(22(25,26)27)18(24)20(32)17(12)23/h7-8,10-11,32H,3-6,9H2,1-2H3. The van der Waals surface area contributed by atoms with Gasteiger partial charge in [-0.05, 0) is 31.7 Å². The number of methoxy groups -OCH3 is 1. The molecule has 1 saturated heterocycles. The van der Waals surface area contributed by atoms with Gasteiger partial charge in [0.15, 0.2) is 17.4 Å². The van der Waals surface area contributed by atoms with Gasteiger partial charge in [-0.15, -0.1) is 0 Å². The summed E-state index contributed by atoms with van der Waals surface area (Å²) in [6, 6.07) is 2.10. The predicted molar refractivity (Wildman–Crippen MR) is 110 cm³/mol. The van der Waals surface area contributed by atoms with Crippen LogP contribution in [0.15, 0.2) is 18.3 Å². The number of piperidine rings is 1. The second-order valence-electron chi connectivity index (χ2n) is 8.70. The van der Waals surface area contributed by atoms with E-state index < -0.39 is 34.7 Å². The summed E-state index contributed by atoms with van der Waals surface area (Å²) in [6.45, 7) is 0.747. The molecule has 2 aromatic heterocycles. The monoisotopic (exact) mass is 468 g/mol. The molecule has 3 heterocycles. The smallest absolute Gasteiger partial charge is 0.419 e. The first-order valence-electron chi connectivity index (χ1n) is 10.5. The lowest BCUT2D eigenvalue weighted by atomic mass is 9.97. The van der Waals surface area contributed by atoms with E-state index in [-0.39, 0.29) is 22.7 Å². The number of nitrogens with zero attached hydrogens (tertiary/aromatic N) is 4. The molecule has 1 atom stereocenters. The Morgan fingerprint density at radius 1 is 1.18 bits per heavy atom. The van der Waals surface area contributed by atoms with E-state index in [0.717, 1.165) is 32.2 Å². The van der Waals surface area contributed by atoms with Gasteiger partial charge in [0.1, 0.15) is 11.5 Å². The number of aryl methyl sites for hydroxylation is 1. The number of rotatable bonds is 3. The van der Waals surface area contributed by atoms with Gasteiger partial charge in [0.05, 0.1) is 17.2 Å². The minimum atomic E-state index is -5.12. The van der Waals surface area contributed by atoms with Crippen molar-refractivity contribution in [1.29, 1.82) is 0 Å². The Bertz CT molecular complexity index is 1250. The third-order valence-corrected chi connectivity index (χ3v) is 6.75. The maximum Gasteiger partial charge on any atom is 0.419 e. The number of aromatic nitrogens is 3. The summed E-state index contributed by atoms with van der Waals surface area (Å²) in [4.78, 5) is 6.73. The Kier molecular flexibility index (Phi) is 4.82. The van der Waals surface area contributed by atoms with Gasteiger partial charge < -0.3 is 14.7 Å². The molecule has 1 spiro atoms. The molecule has 11 heteroatoms. The Morgan fingerprint density at radius 2 is 1.91 bits per heavy atom. The van der Waals surface area contributed by atoms with E-state index in [4.69, 9.17) is 4.74 Å². The quantitative estimate of drug-likeness (QED) is 0.561. The van der Waals surface area contributed by atoms with Crippen LogP contribution in [-0.4, -0.2) is 45.2 Å². The van der Waals surface area contributed by atoms with Crippen molar-refractivity contribution >= 4 is 16.7 Å². The van der Waals surface area contributed by atoms with Gasteiger partial charge in [-0.3, -0.25) is 4.68 Å². The molecule has 0 amide bonds. The average molecular weight is 468 g/mol. The van der Waals surface area contributed by atoms with Crippen molar-refractivity contribution in [3.8, 4) is 17.0 Å². The zero-order valence-electron chi connectivity index (χ0n) is 17.9. The summed E-state index contributed by atoms with van der Waals surface area (Å²) >= 11 is 0. The lowest BCUT2D eigenvalue weighted by Gasteiger charge is -2.40. The van der Waals surface area contributed by atoms with E-state index in [1.807, 2.05) is 0 Å². The van der Waals surface area contributed by atoms with E-state index in [2.05, 4.69) is 15.0 Å². The molecular weight excluding hydrogens is 447 g/mol. The number of aromatic hydroxyl groups is 1. The Labute approximate surface area is 185 Å². The van der Waals surface area contributed by atoms with Crippen molar-refractivity contribution in [3.05, 3.63) is 35.5 Å². The van der Waals surface area contributed by atoms with Crippen LogP contribution in [0, 0.1) is 11.6 Å². The van der Waals surface area contributed by atoms with Crippen molar-refractivity contribution < 1.29 is 31.8 Å². The number of benzene rings is 1. The van der Waals surface area contributed by atoms with Crippen LogP contribution < -0.4 is 4.90 Å². The summed E-state index contributed by atoms with van der Waals surface area (Å²) in [5, 5.41) is 14.1. The summed E-state index contributed by atoms with van der Waals surface area (Å²) in [5.41, 5.74) is -2.07. The number of hydrogen-bond donors (Lipinski definition) is 1. The van der Waals surface area contributed by atoms with Gasteiger partial charge in [0.25, 0.3) is 0 Å². The number of phenolic OH excluding ortho intramolecular Hbond substituents is 1. The van der Waals surface area contributed by atoms with Crippen molar-refractivity contribution in [1.82, 2.24) is 14.8 Å². The van der Waals surface area contributed by atoms with Gasteiger partial charge in [-0.25, -0.2) is 13.8 Å². The molecule has 3 aromatic rings. The molecule has 1 aliphatic carbocycles. The highest BCUT2D eigenvalue weighted by molar-refractivity contribution is 5.94. The number of pyridine rings is 1. The normalized spacial score (nSPS) is 20.1. The second kappa shape index (κ2) is 7.28. The van der Waals surface area contributed by atoms with Gasteiger partial charge in [0, 0.05) is 49.5 Å². The zero-order chi connectivity index (χ0) is 23.7. The molecular formula is C22H21F5N4O2. The molecule has 2 fully saturated rings. The zero-order valence-corrected chi connectivity index (χ0v) is 17.9. The summed E-state index contributed by atoms with van der Waals surface area (Å²) < 4.78 is 75.2. The molecule has 1 unspecified atom stereocenters. The van der Waals surface area contributed by atoms with Crippen LogP contribution in [0.4, 0.5) is 27.8 Å². The molecule has 0 radical (unpaired) electrons. The molecule has 1 saturated carbocycles. The number of ether oxygens (including phenoxy) is 1. The highest BCUT2D eigenvalue weighted by atomic mass is 19.4. The maximum atomic E-state index is 14.7. The molecule has 176 valence electrons. The second-order valence-corrected chi connectivity index (χ2v) is 8.70. The number of alkyl halides is 3. The molecule has 1 aliphatic heterocycles. The topological polar surface area (TPSA) is 63.4 Å². The van der Waals surface area contributed by atoms with Crippen LogP contribution in [0.1, 0.15) is 31.2 Å². The highest BCUT2D eigenvalue weighted by Crippen LogP contribution is 2.50. The maximum absolute atomic E-state index is 14.7. The summed E-state index contributed by atoms with van der Waals surface area (Å²) in [5.74, 6) is -4.57. The van der Waals surface area contributed by atoms with E-state index in [0.29, 0.717) is 17.4 Å². The Morgan fingerprint density at radius 3 is 2.55 bits per heavy atom. The predicted octanol–water partition coefficient (Wildman–Crippen LogP) is 4.79. The lowest BCUT2D eigenvalue weighted by molar-refractivity contribution is -0.140. The van der Waals surface area contributed by atoms with Gasteiger partial charge in [-0.1, -0.05) is 0 Å². The van der Waals surface area contributed by atoms with Gasteiger partial charge in [-0.2, -0.15) is 18.3 Å². The summed E-state index contributed by atoms with van der Waals surface area (Å²) in [6.07, 6.45) is 0.265. The van der Waals surface area contributed by atoms with Crippen LogP contribution >= 0.6 is 0 Å². The molecule has 0 bridgehead atoms. The third-order valence-electron chi connectivity index (χ3n) is 6.75.